The van der Waals surface area contributed by atoms with Crippen LogP contribution in [0.1, 0.15) is 42.6 Å². The second-order valence-corrected chi connectivity index (χ2v) is 6.14. The molecule has 6 heteroatoms. The maximum absolute atomic E-state index is 12.3. The molecule has 3 rings (SSSR count). The van der Waals surface area contributed by atoms with Gasteiger partial charge in [-0.25, -0.2) is 0 Å². The maximum Gasteiger partial charge on any atom is 0.271 e. The Hall–Kier alpha value is -0.810. The lowest BCUT2D eigenvalue weighted by molar-refractivity contribution is 0.0876. The van der Waals surface area contributed by atoms with E-state index in [4.69, 9.17) is 11.6 Å². The lowest BCUT2D eigenvalue weighted by Gasteiger charge is -2.35. The van der Waals surface area contributed by atoms with E-state index < -0.39 is 5.66 Å². The first-order chi connectivity index (χ1) is 8.55. The number of carbonyl (C=O) groups is 1. The van der Waals surface area contributed by atoms with Crippen LogP contribution in [0.5, 0.6) is 0 Å². The molecule has 4 nitrogen and oxygen atoms in total. The van der Waals surface area contributed by atoms with Crippen LogP contribution in [-0.2, 0) is 5.66 Å². The minimum Gasteiger partial charge on any atom is -0.327 e. The predicted octanol–water partition coefficient (Wildman–Crippen LogP) is 2.62. The molecule has 1 aromatic rings. The predicted molar refractivity (Wildman–Crippen MR) is 71.9 cm³/mol. The summed E-state index contributed by atoms with van der Waals surface area (Å²) in [4.78, 5) is 24.3. The summed E-state index contributed by atoms with van der Waals surface area (Å²) in [5, 5.41) is 3.28. The number of aromatic nitrogens is 1. The Balaban J connectivity index is 2.29. The van der Waals surface area contributed by atoms with Crippen molar-refractivity contribution in [3.63, 3.8) is 0 Å². The van der Waals surface area contributed by atoms with Crippen LogP contribution in [-0.4, -0.2) is 10.5 Å². The van der Waals surface area contributed by atoms with Crippen LogP contribution in [0, 0.1) is 0 Å². The largest absolute Gasteiger partial charge is 0.327 e. The van der Waals surface area contributed by atoms with Crippen molar-refractivity contribution in [3.8, 4) is 0 Å². The smallest absolute Gasteiger partial charge is 0.271 e. The minimum atomic E-state index is -0.560. The number of carbonyl (C=O) groups excluding carboxylic acids is 1. The zero-order valence-corrected chi connectivity index (χ0v) is 12.0. The first kappa shape index (κ1) is 12.2. The van der Waals surface area contributed by atoms with Crippen molar-refractivity contribution >= 4 is 33.4 Å². The molecular formula is C12H12BrClN2O2. The number of pyridine rings is 1. The first-order valence-corrected chi connectivity index (χ1v) is 7.16. The highest BCUT2D eigenvalue weighted by Crippen LogP contribution is 2.38. The minimum absolute atomic E-state index is 0.186. The van der Waals surface area contributed by atoms with Crippen LogP contribution in [0.4, 0.5) is 0 Å². The number of rotatable bonds is 0. The fourth-order valence-corrected chi connectivity index (χ4v) is 3.80. The van der Waals surface area contributed by atoms with Crippen LogP contribution >= 0.6 is 27.5 Å². The molecule has 0 radical (unpaired) electrons. The van der Waals surface area contributed by atoms with Gasteiger partial charge in [-0.15, -0.1) is 0 Å². The van der Waals surface area contributed by atoms with E-state index in [1.807, 2.05) is 0 Å². The quantitative estimate of drug-likeness (QED) is 0.794. The first-order valence-electron chi connectivity index (χ1n) is 5.99. The molecule has 2 aliphatic rings. The molecule has 0 saturated heterocycles. The van der Waals surface area contributed by atoms with Crippen molar-refractivity contribution in [2.24, 2.45) is 0 Å². The van der Waals surface area contributed by atoms with E-state index in [-0.39, 0.29) is 11.5 Å². The van der Waals surface area contributed by atoms with Gasteiger partial charge in [-0.1, -0.05) is 18.0 Å². The highest BCUT2D eigenvalue weighted by Gasteiger charge is 2.45. The SMILES string of the molecule is O=C1NC2(CCCCC2)n2c1c(Cl)cc(Br)c2=O. The monoisotopic (exact) mass is 330 g/mol. The molecule has 0 unspecified atom stereocenters. The summed E-state index contributed by atoms with van der Waals surface area (Å²) in [5.74, 6) is -0.244. The van der Waals surface area contributed by atoms with Gasteiger partial charge in [-0.3, -0.25) is 14.2 Å². The van der Waals surface area contributed by atoms with Crippen LogP contribution in [0.2, 0.25) is 5.02 Å². The van der Waals surface area contributed by atoms with Crippen LogP contribution in [0.15, 0.2) is 15.3 Å². The molecule has 0 bridgehead atoms. The van der Waals surface area contributed by atoms with Gasteiger partial charge in [0, 0.05) is 0 Å². The highest BCUT2D eigenvalue weighted by molar-refractivity contribution is 9.10. The molecule has 1 fully saturated rings. The van der Waals surface area contributed by atoms with Gasteiger partial charge < -0.3 is 5.32 Å². The van der Waals surface area contributed by atoms with Crippen molar-refractivity contribution in [1.29, 1.82) is 0 Å². The molecule has 0 atom stereocenters. The summed E-state index contributed by atoms with van der Waals surface area (Å²) in [6.07, 6.45) is 4.74. The molecule has 18 heavy (non-hydrogen) atoms. The van der Waals surface area contributed by atoms with Crippen LogP contribution in [0.25, 0.3) is 0 Å². The Kier molecular flexibility index (Phi) is 2.79. The Morgan fingerprint density at radius 1 is 1.28 bits per heavy atom. The fourth-order valence-electron chi connectivity index (χ4n) is 2.99. The van der Waals surface area contributed by atoms with Crippen molar-refractivity contribution in [2.75, 3.05) is 0 Å². The van der Waals surface area contributed by atoms with E-state index >= 15 is 0 Å². The van der Waals surface area contributed by atoms with Gasteiger partial charge in [-0.2, -0.15) is 0 Å². The molecule has 1 N–H and O–H groups in total. The van der Waals surface area contributed by atoms with Crippen LogP contribution in [0.3, 0.4) is 0 Å². The number of fused-ring (bicyclic) bond motifs is 2. The summed E-state index contributed by atoms with van der Waals surface area (Å²) in [6, 6.07) is 1.50. The summed E-state index contributed by atoms with van der Waals surface area (Å²) < 4.78 is 1.96. The van der Waals surface area contributed by atoms with Crippen molar-refractivity contribution in [1.82, 2.24) is 9.88 Å². The van der Waals surface area contributed by atoms with Gasteiger partial charge in [-0.05, 0) is 47.7 Å². The Labute approximate surface area is 117 Å². The van der Waals surface area contributed by atoms with E-state index in [2.05, 4.69) is 21.2 Å². The second kappa shape index (κ2) is 4.10. The molecule has 1 aliphatic carbocycles. The lowest BCUT2D eigenvalue weighted by atomic mass is 9.89. The lowest BCUT2D eigenvalue weighted by Crippen LogP contribution is -2.48. The summed E-state index contributed by atoms with van der Waals surface area (Å²) >= 11 is 9.31. The Morgan fingerprint density at radius 2 is 1.94 bits per heavy atom. The summed E-state index contributed by atoms with van der Waals surface area (Å²) in [7, 11) is 0. The number of hydrogen-bond donors (Lipinski definition) is 1. The summed E-state index contributed by atoms with van der Waals surface area (Å²) in [5.41, 5.74) is -0.448. The molecule has 0 aromatic carbocycles. The van der Waals surface area contributed by atoms with Gasteiger partial charge in [0.05, 0.1) is 9.50 Å². The normalized spacial score (nSPS) is 20.9. The number of amides is 1. The number of nitrogens with one attached hydrogen (secondary N) is 1. The van der Waals surface area contributed by atoms with Gasteiger partial charge >= 0.3 is 0 Å². The van der Waals surface area contributed by atoms with E-state index in [1.165, 1.54) is 6.07 Å². The van der Waals surface area contributed by atoms with Crippen molar-refractivity contribution in [2.45, 2.75) is 37.8 Å². The molecule has 1 saturated carbocycles. The molecular weight excluding hydrogens is 320 g/mol. The van der Waals surface area contributed by atoms with E-state index in [1.54, 1.807) is 4.57 Å². The van der Waals surface area contributed by atoms with Gasteiger partial charge in [0.2, 0.25) is 0 Å². The standard InChI is InChI=1S/C12H12BrClN2O2/c13-7-6-8(14)9-10(17)15-12(16(9)11(7)18)4-2-1-3-5-12/h6H,1-5H2,(H,15,17). The van der Waals surface area contributed by atoms with E-state index in [0.29, 0.717) is 15.2 Å². The second-order valence-electron chi connectivity index (χ2n) is 4.88. The summed E-state index contributed by atoms with van der Waals surface area (Å²) in [6.45, 7) is 0. The van der Waals surface area contributed by atoms with E-state index in [9.17, 15) is 9.59 Å². The third kappa shape index (κ3) is 1.57. The Morgan fingerprint density at radius 3 is 2.61 bits per heavy atom. The third-order valence-electron chi connectivity index (χ3n) is 3.78. The zero-order chi connectivity index (χ0) is 12.9. The molecule has 1 aromatic heterocycles. The highest BCUT2D eigenvalue weighted by atomic mass is 79.9. The van der Waals surface area contributed by atoms with Crippen LogP contribution < -0.4 is 10.9 Å². The molecule has 1 spiro atoms. The van der Waals surface area contributed by atoms with Gasteiger partial charge in [0.15, 0.2) is 0 Å². The van der Waals surface area contributed by atoms with Gasteiger partial charge in [0.25, 0.3) is 11.5 Å². The topological polar surface area (TPSA) is 51.1 Å². The van der Waals surface area contributed by atoms with Crippen molar-refractivity contribution < 1.29 is 4.79 Å². The molecule has 96 valence electrons. The number of halogens is 2. The molecule has 1 amide bonds. The zero-order valence-electron chi connectivity index (χ0n) is 9.63. The number of nitrogens with zero attached hydrogens (tertiary/aromatic N) is 1. The average molecular weight is 332 g/mol. The van der Waals surface area contributed by atoms with Crippen molar-refractivity contribution in [3.05, 3.63) is 31.6 Å². The maximum atomic E-state index is 12.3. The average Bonchev–Trinajstić information content (AvgIpc) is 2.60. The van der Waals surface area contributed by atoms with Gasteiger partial charge in [0.1, 0.15) is 11.4 Å². The number of hydrogen-bond acceptors (Lipinski definition) is 2. The third-order valence-corrected chi connectivity index (χ3v) is 4.64. The molecule has 2 heterocycles. The van der Waals surface area contributed by atoms with E-state index in [0.717, 1.165) is 32.1 Å². The molecule has 1 aliphatic heterocycles. The fraction of sp³-hybridized carbons (Fsp3) is 0.500. The Bertz CT molecular complexity index is 590.